The maximum absolute atomic E-state index is 14.2. The number of hydrogen-bond donors (Lipinski definition) is 1. The Bertz CT molecular complexity index is 1620. The normalized spacial score (nSPS) is 14.4. The molecule has 0 saturated heterocycles. The van der Waals surface area contributed by atoms with Crippen LogP contribution in [-0.2, 0) is 19.6 Å². The highest BCUT2D eigenvalue weighted by Crippen LogP contribution is 2.33. The standard InChI is InChI=1S/C29H25BrClF3N4O3/c1-41-21-10-8-20(9-11-21)38-25(27(39)35-26(29(32,33)34)19-5-3-2-4-6-19)24-17-36(13-14-37(24)28(38)40)16-18-7-12-22(30)23(31)15-18/h2-12,15,26H,13-14,16-17H2,1H3,(H,35,39). The van der Waals surface area contributed by atoms with Gasteiger partial charge in [0.15, 0.2) is 6.04 Å². The fourth-order valence-corrected chi connectivity index (χ4v) is 5.40. The van der Waals surface area contributed by atoms with Crippen molar-refractivity contribution in [3.05, 3.63) is 115 Å². The number of fused-ring (bicyclic) bond motifs is 1. The van der Waals surface area contributed by atoms with Gasteiger partial charge in [-0.3, -0.25) is 18.8 Å². The van der Waals surface area contributed by atoms with Gasteiger partial charge >= 0.3 is 11.9 Å². The third kappa shape index (κ3) is 6.07. The Hall–Kier alpha value is -3.54. The number of methoxy groups -OCH3 is 1. The lowest BCUT2D eigenvalue weighted by Gasteiger charge is -2.28. The molecule has 0 saturated carbocycles. The molecule has 1 unspecified atom stereocenters. The Labute approximate surface area is 247 Å². The summed E-state index contributed by atoms with van der Waals surface area (Å²) < 4.78 is 51.1. The topological polar surface area (TPSA) is 68.5 Å². The van der Waals surface area contributed by atoms with Gasteiger partial charge in [0.1, 0.15) is 11.4 Å². The summed E-state index contributed by atoms with van der Waals surface area (Å²) in [6.45, 7) is 1.37. The molecule has 0 fully saturated rings. The number of carbonyl (C=O) groups excluding carboxylic acids is 1. The number of carbonyl (C=O) groups is 1. The van der Waals surface area contributed by atoms with E-state index in [2.05, 4.69) is 21.2 Å². The fraction of sp³-hybridized carbons (Fsp3) is 0.241. The molecule has 2 heterocycles. The number of rotatable bonds is 7. The van der Waals surface area contributed by atoms with Gasteiger partial charge in [0, 0.05) is 30.7 Å². The molecule has 1 aromatic heterocycles. The van der Waals surface area contributed by atoms with E-state index in [4.69, 9.17) is 16.3 Å². The van der Waals surface area contributed by atoms with Crippen LogP contribution in [0.25, 0.3) is 5.69 Å². The number of amides is 1. The SMILES string of the molecule is COc1ccc(-n2c(C(=O)NC(c3ccccc3)C(F)(F)F)c3n(c2=O)CCN(Cc2ccc(Br)c(Cl)c2)C3)cc1. The average Bonchev–Trinajstić information content (AvgIpc) is 3.25. The minimum absolute atomic E-state index is 0.117. The number of nitrogens with zero attached hydrogens (tertiary/aromatic N) is 3. The Morgan fingerprint density at radius 1 is 1.07 bits per heavy atom. The number of halogens is 5. The van der Waals surface area contributed by atoms with Crippen molar-refractivity contribution in [2.45, 2.75) is 31.9 Å². The van der Waals surface area contributed by atoms with Crippen molar-refractivity contribution in [2.75, 3.05) is 13.7 Å². The summed E-state index contributed by atoms with van der Waals surface area (Å²) in [5, 5.41) is 2.70. The molecule has 0 bridgehead atoms. The van der Waals surface area contributed by atoms with Crippen molar-refractivity contribution in [1.29, 1.82) is 0 Å². The summed E-state index contributed by atoms with van der Waals surface area (Å²) in [5.74, 6) is -0.483. The number of hydrogen-bond acceptors (Lipinski definition) is 4. The Balaban J connectivity index is 1.57. The molecule has 5 rings (SSSR count). The number of alkyl halides is 3. The number of imidazole rings is 1. The highest BCUT2D eigenvalue weighted by Gasteiger charge is 2.43. The van der Waals surface area contributed by atoms with Crippen LogP contribution < -0.4 is 15.7 Å². The zero-order valence-electron chi connectivity index (χ0n) is 21.8. The maximum Gasteiger partial charge on any atom is 0.412 e. The van der Waals surface area contributed by atoms with Gasteiger partial charge in [-0.1, -0.05) is 48.0 Å². The Kier molecular flexibility index (Phi) is 8.30. The van der Waals surface area contributed by atoms with Crippen LogP contribution in [0, 0.1) is 0 Å². The van der Waals surface area contributed by atoms with Crippen molar-refractivity contribution >= 4 is 33.4 Å². The van der Waals surface area contributed by atoms with Crippen LogP contribution in [0.15, 0.2) is 82.1 Å². The molecule has 214 valence electrons. The molecular weight excluding hydrogens is 625 g/mol. The highest BCUT2D eigenvalue weighted by molar-refractivity contribution is 9.10. The van der Waals surface area contributed by atoms with Crippen molar-refractivity contribution < 1.29 is 22.7 Å². The van der Waals surface area contributed by atoms with Crippen molar-refractivity contribution in [1.82, 2.24) is 19.4 Å². The van der Waals surface area contributed by atoms with Gasteiger partial charge in [0.2, 0.25) is 0 Å². The quantitative estimate of drug-likeness (QED) is 0.262. The van der Waals surface area contributed by atoms with E-state index in [1.807, 2.05) is 23.1 Å². The second-order valence-corrected chi connectivity index (χ2v) is 10.8. The largest absolute Gasteiger partial charge is 0.497 e. The lowest BCUT2D eigenvalue weighted by atomic mass is 10.1. The molecule has 12 heteroatoms. The number of ether oxygens (including phenoxy) is 1. The predicted octanol–water partition coefficient (Wildman–Crippen LogP) is 6.11. The van der Waals surface area contributed by atoms with Crippen molar-refractivity contribution in [3.8, 4) is 11.4 Å². The van der Waals surface area contributed by atoms with Crippen LogP contribution in [-0.4, -0.2) is 39.8 Å². The molecule has 0 radical (unpaired) electrons. The molecule has 7 nitrogen and oxygen atoms in total. The van der Waals surface area contributed by atoms with E-state index >= 15 is 0 Å². The molecule has 3 aromatic carbocycles. The molecular formula is C29H25BrClF3N4O3. The third-order valence-corrected chi connectivity index (χ3v) is 8.16. The lowest BCUT2D eigenvalue weighted by molar-refractivity contribution is -0.155. The summed E-state index contributed by atoms with van der Waals surface area (Å²) in [5.41, 5.74) is 0.794. The van der Waals surface area contributed by atoms with Crippen LogP contribution in [0.3, 0.4) is 0 Å². The van der Waals surface area contributed by atoms with Crippen molar-refractivity contribution in [3.63, 3.8) is 0 Å². The first-order chi connectivity index (χ1) is 19.6. The van der Waals surface area contributed by atoms with Crippen LogP contribution in [0.5, 0.6) is 5.75 Å². The van der Waals surface area contributed by atoms with E-state index in [0.717, 1.165) is 10.0 Å². The van der Waals surface area contributed by atoms with Gasteiger partial charge in [-0.05, 0) is 63.5 Å². The second-order valence-electron chi connectivity index (χ2n) is 9.58. The Morgan fingerprint density at radius 3 is 2.41 bits per heavy atom. The van der Waals surface area contributed by atoms with Crippen LogP contribution in [0.4, 0.5) is 13.2 Å². The molecule has 4 aromatic rings. The maximum atomic E-state index is 14.2. The molecule has 1 atom stereocenters. The van der Waals surface area contributed by atoms with E-state index in [1.165, 1.54) is 40.5 Å². The van der Waals surface area contributed by atoms with Gasteiger partial charge in [0.05, 0.1) is 23.5 Å². The smallest absolute Gasteiger partial charge is 0.412 e. The molecule has 41 heavy (non-hydrogen) atoms. The van der Waals surface area contributed by atoms with Gasteiger partial charge < -0.3 is 10.1 Å². The zero-order valence-corrected chi connectivity index (χ0v) is 24.1. The predicted molar refractivity (Wildman–Crippen MR) is 153 cm³/mol. The minimum atomic E-state index is -4.77. The van der Waals surface area contributed by atoms with Gasteiger partial charge in [-0.15, -0.1) is 0 Å². The number of nitrogens with one attached hydrogen (secondary N) is 1. The van der Waals surface area contributed by atoms with Crippen LogP contribution in [0.1, 0.15) is 33.4 Å². The van der Waals surface area contributed by atoms with E-state index in [-0.39, 0.29) is 24.3 Å². The lowest BCUT2D eigenvalue weighted by Crippen LogP contribution is -2.40. The van der Waals surface area contributed by atoms with Crippen LogP contribution in [0.2, 0.25) is 5.02 Å². The van der Waals surface area contributed by atoms with E-state index in [9.17, 15) is 22.8 Å². The molecule has 1 aliphatic rings. The first kappa shape index (κ1) is 29.0. The van der Waals surface area contributed by atoms with Gasteiger partial charge in [-0.25, -0.2) is 4.79 Å². The molecule has 0 spiro atoms. The van der Waals surface area contributed by atoms with Gasteiger partial charge in [0.25, 0.3) is 5.91 Å². The zero-order chi connectivity index (χ0) is 29.3. The highest BCUT2D eigenvalue weighted by atomic mass is 79.9. The molecule has 0 aliphatic carbocycles. The molecule has 1 N–H and O–H groups in total. The molecule has 1 amide bonds. The summed E-state index contributed by atoms with van der Waals surface area (Å²) in [7, 11) is 1.49. The monoisotopic (exact) mass is 648 g/mol. The summed E-state index contributed by atoms with van der Waals surface area (Å²) in [6.07, 6.45) is -4.77. The third-order valence-electron chi connectivity index (χ3n) is 6.93. The summed E-state index contributed by atoms with van der Waals surface area (Å²) in [6, 6.07) is 16.8. The van der Waals surface area contributed by atoms with Crippen molar-refractivity contribution in [2.24, 2.45) is 0 Å². The first-order valence-corrected chi connectivity index (χ1v) is 13.8. The van der Waals surface area contributed by atoms with E-state index in [0.29, 0.717) is 35.2 Å². The first-order valence-electron chi connectivity index (χ1n) is 12.6. The number of benzene rings is 3. The van der Waals surface area contributed by atoms with E-state index < -0.39 is 23.8 Å². The minimum Gasteiger partial charge on any atom is -0.497 e. The fourth-order valence-electron chi connectivity index (χ4n) is 4.95. The second kappa shape index (κ2) is 11.8. The van der Waals surface area contributed by atoms with Crippen LogP contribution >= 0.6 is 27.5 Å². The Morgan fingerprint density at radius 2 is 1.78 bits per heavy atom. The summed E-state index contributed by atoms with van der Waals surface area (Å²) >= 11 is 9.64. The molecule has 1 aliphatic heterocycles. The van der Waals surface area contributed by atoms with E-state index in [1.54, 1.807) is 30.3 Å². The average molecular weight is 650 g/mol. The number of aromatic nitrogens is 2. The van der Waals surface area contributed by atoms with Gasteiger partial charge in [-0.2, -0.15) is 13.2 Å². The summed E-state index contributed by atoms with van der Waals surface area (Å²) in [4.78, 5) is 29.4.